The molecule has 0 spiro atoms. The Bertz CT molecular complexity index is 4450. The van der Waals surface area contributed by atoms with E-state index in [1.165, 1.54) is 115 Å². The lowest BCUT2D eigenvalue weighted by Crippen LogP contribution is -2.60. The molecule has 0 radical (unpaired) electrons. The van der Waals surface area contributed by atoms with Gasteiger partial charge < -0.3 is 61.9 Å². The van der Waals surface area contributed by atoms with E-state index in [2.05, 4.69) is 93.8 Å². The van der Waals surface area contributed by atoms with Crippen LogP contribution in [-0.4, -0.2) is 155 Å². The van der Waals surface area contributed by atoms with Crippen molar-refractivity contribution in [1.82, 2.24) is 0 Å². The maximum Gasteiger partial charge on any atom is 0.508 e. The van der Waals surface area contributed by atoms with Crippen LogP contribution in [-0.2, 0) is 105 Å². The van der Waals surface area contributed by atoms with E-state index >= 15 is 0 Å². The number of ether oxygens (including phenoxy) is 12. The number of fused-ring (bicyclic) bond motifs is 1. The molecule has 1 aromatic carbocycles. The summed E-state index contributed by atoms with van der Waals surface area (Å²) in [5.74, 6) is 3.87. The first-order chi connectivity index (χ1) is 63.8. The summed E-state index contributed by atoms with van der Waals surface area (Å²) < 4.78 is 95.9. The van der Waals surface area contributed by atoms with Gasteiger partial charge in [-0.15, -0.1) is 0 Å². The zero-order chi connectivity index (χ0) is 101. The summed E-state index contributed by atoms with van der Waals surface area (Å²) in [5.41, 5.74) is 3.23. The van der Waals surface area contributed by atoms with Crippen LogP contribution in [0, 0.1) is 71.0 Å². The van der Waals surface area contributed by atoms with Gasteiger partial charge in [0.1, 0.15) is 59.5 Å². The molecule has 2 heterocycles. The van der Waals surface area contributed by atoms with Crippen LogP contribution < -0.4 is 0 Å². The van der Waals surface area contributed by atoms with E-state index in [9.17, 15) is 71.0 Å². The fourth-order valence-electron chi connectivity index (χ4n) is 23.7. The molecule has 1 aromatic rings. The summed E-state index contributed by atoms with van der Waals surface area (Å²) in [7, 11) is 0. The summed E-state index contributed by atoms with van der Waals surface area (Å²) in [6.45, 7) is 55.0. The number of esters is 10. The van der Waals surface area contributed by atoms with Gasteiger partial charge in [0, 0.05) is 68.4 Å². The fraction of sp³-hybridized carbons (Fsp3) is 0.661. The van der Waals surface area contributed by atoms with E-state index in [1.807, 2.05) is 43.3 Å². The van der Waals surface area contributed by atoms with E-state index in [1.54, 1.807) is 55.4 Å². The molecule has 754 valence electrons. The molecule has 8 unspecified atom stereocenters. The number of benzene rings is 1. The molecule has 8 atom stereocenters. The van der Waals surface area contributed by atoms with Crippen LogP contribution in [0.5, 0.6) is 0 Å². The lowest BCUT2D eigenvalue weighted by Gasteiger charge is -2.60. The molecule has 17 aliphatic carbocycles. The Labute approximate surface area is 804 Å². The molecule has 0 amide bonds. The topological polar surface area (TPSA) is 319 Å². The fourth-order valence-corrected chi connectivity index (χ4v) is 23.7. The summed E-state index contributed by atoms with van der Waals surface area (Å²) in [6, 6.07) is 10.0. The molecule has 2 saturated heterocycles. The molecule has 0 aromatic heterocycles. The van der Waals surface area contributed by atoms with E-state index in [0.29, 0.717) is 80.6 Å². The molecular formula is C109H153F3O24. The third-order valence-electron chi connectivity index (χ3n) is 29.5. The molecule has 17 saturated carbocycles. The molecule has 1 N–H and O–H groups in total. The van der Waals surface area contributed by atoms with E-state index in [0.717, 1.165) is 139 Å². The van der Waals surface area contributed by atoms with Crippen LogP contribution >= 0.6 is 0 Å². The highest BCUT2D eigenvalue weighted by atomic mass is 19.4. The SMILES string of the molecule is C=C(C)C(=O)OC1(C)CCCC1.C=C(C)C(=O)OC1(CC)C2CC3CC(C2)CC1C3.C=C(C)C(=O)OC1(CC)CCCC1.C=C(C)C(=O)OC12CC3CC(CC(C3)C1)C2.C=C(C)C(=O)OC12CC3CC(CC(O)(C3)C1)C2.C=C(C)C(=O)OC1C2CC3C(=O)OC1C3C2.C=C(C)C(=O)OC1CCCCC1.C=C(C)C(=O)OCC(F)(F)F.C=C(C)C(=O)OCC1COC(=O)O1.C=Cc1ccccc1. The predicted molar refractivity (Wildman–Crippen MR) is 509 cm³/mol. The van der Waals surface area contributed by atoms with Crippen LogP contribution in [0.2, 0.25) is 0 Å². The number of carbonyl (C=O) groups excluding carboxylic acids is 11. The second kappa shape index (κ2) is 49.3. The van der Waals surface area contributed by atoms with Gasteiger partial charge in [0.05, 0.1) is 11.5 Å². The van der Waals surface area contributed by atoms with Crippen molar-refractivity contribution >= 4 is 71.9 Å². The van der Waals surface area contributed by atoms with Crippen molar-refractivity contribution in [3.63, 3.8) is 0 Å². The monoisotopic (exact) mass is 1900 g/mol. The van der Waals surface area contributed by atoms with Gasteiger partial charge >= 0.3 is 72.0 Å². The molecule has 136 heavy (non-hydrogen) atoms. The summed E-state index contributed by atoms with van der Waals surface area (Å²) in [4.78, 5) is 124. The van der Waals surface area contributed by atoms with Crippen molar-refractivity contribution in [2.24, 2.45) is 71.0 Å². The number of carbonyl (C=O) groups is 11. The molecule has 20 rings (SSSR count). The largest absolute Gasteiger partial charge is 0.508 e. The number of halogens is 3. The molecule has 2 aliphatic heterocycles. The molecule has 19 fully saturated rings. The Morgan fingerprint density at radius 1 is 0.463 bits per heavy atom. The zero-order valence-corrected chi connectivity index (χ0v) is 82.9. The Morgan fingerprint density at radius 2 is 0.890 bits per heavy atom. The number of hydrogen-bond acceptors (Lipinski definition) is 24. The lowest BCUT2D eigenvalue weighted by atomic mass is 9.49. The number of cyclic esters (lactones) is 2. The number of alkyl halides is 3. The van der Waals surface area contributed by atoms with Crippen molar-refractivity contribution in [2.75, 3.05) is 19.8 Å². The molecular weight excluding hydrogens is 1750 g/mol. The van der Waals surface area contributed by atoms with E-state index in [4.69, 9.17) is 42.6 Å². The molecule has 19 aliphatic rings. The summed E-state index contributed by atoms with van der Waals surface area (Å²) in [5, 5.41) is 10.5. The van der Waals surface area contributed by atoms with E-state index < -0.39 is 48.2 Å². The summed E-state index contributed by atoms with van der Waals surface area (Å²) in [6.07, 6.45) is 33.5. The van der Waals surface area contributed by atoms with Gasteiger partial charge in [-0.05, 0) is 334 Å². The average Bonchev–Trinajstić information content (AvgIpc) is 0.833. The highest BCUT2D eigenvalue weighted by Crippen LogP contribution is 2.63. The Morgan fingerprint density at radius 3 is 1.32 bits per heavy atom. The first-order valence-electron chi connectivity index (χ1n) is 49.1. The molecule has 27 heteroatoms. The zero-order valence-electron chi connectivity index (χ0n) is 82.9. The second-order valence-corrected chi connectivity index (χ2v) is 42.1. The van der Waals surface area contributed by atoms with Gasteiger partial charge in [-0.1, -0.05) is 122 Å². The van der Waals surface area contributed by atoms with Gasteiger partial charge in [-0.2, -0.15) is 13.2 Å². The van der Waals surface area contributed by atoms with Crippen LogP contribution in [0.4, 0.5) is 18.0 Å². The van der Waals surface area contributed by atoms with Gasteiger partial charge in [0.2, 0.25) is 0 Å². The van der Waals surface area contributed by atoms with Crippen LogP contribution in [0.25, 0.3) is 6.08 Å². The van der Waals surface area contributed by atoms with E-state index in [-0.39, 0.29) is 119 Å². The third-order valence-corrected chi connectivity index (χ3v) is 29.5. The lowest BCUT2D eigenvalue weighted by molar-refractivity contribution is -0.217. The van der Waals surface area contributed by atoms with Crippen molar-refractivity contribution in [2.45, 2.75) is 366 Å². The normalized spacial score (nSPS) is 30.8. The Hall–Kier alpha value is -9.66. The van der Waals surface area contributed by atoms with Crippen molar-refractivity contribution in [1.29, 1.82) is 0 Å². The van der Waals surface area contributed by atoms with Gasteiger partial charge in [0.25, 0.3) is 0 Å². The van der Waals surface area contributed by atoms with Crippen LogP contribution in [0.3, 0.4) is 0 Å². The first-order valence-corrected chi connectivity index (χ1v) is 49.1. The third kappa shape index (κ3) is 32.2. The minimum Gasteiger partial charge on any atom is -0.459 e. The maximum absolute atomic E-state index is 12.0. The standard InChI is InChI=1S/C16H24O2.C14H20O3.C14H20O2.C12H14O4.C11H18O2.2C10H16O2.C8H10O5.C8H8.C6H7F3O2/c1-4-16(18-15(17)10(2)3)13-6-11-5-12(8-13)9-14(16)7-11;1-9(2)12(15)17-14-6-10-3-11(7-14)5-13(16,4-10)8-14;1-9(2)13(15)16-14-6-10-3-11(7-14)5-12(4-10)8-14;1-5(2)11(13)15-9-6-3-7-8(4-6)12(14)16-10(7)9;1-4-11(7-5-6-8-11)13-10(12)9(2)3;1-8(2)9(11)12-10(3)6-4-5-7-10;1-8(2)10(11)12-9-6-4-3-5-7-9;1-5(2)7(9)11-3-6-4-12-8(10)13-6;1-2-8-6-4-3-5-7-8;1-4(2)5(10)11-3-6(7,8)9/h11-14H,2,4-9H2,1,3H3;10-11,16H,1,3-8H2,2H3;10-12H,1,3-8H2,2H3;6-10H,1,3-4H2,2H3;2,4-8H2,1,3H3;1,4-7H2,2-3H3;9H,1,3-7H2,2H3;6H,1,3-4H2,2H3;2-7H,1H2;1,3H2,2H3. The smallest absolute Gasteiger partial charge is 0.459 e. The number of hydrogen-bond donors (Lipinski definition) is 1. The first kappa shape index (κ1) is 112. The molecule has 14 bridgehead atoms. The van der Waals surface area contributed by atoms with Crippen molar-refractivity contribution < 1.29 is 128 Å². The maximum atomic E-state index is 12.0. The van der Waals surface area contributed by atoms with Crippen LogP contribution in [0.1, 0.15) is 307 Å². The predicted octanol–water partition coefficient (Wildman–Crippen LogP) is 22.4. The number of aliphatic hydroxyl groups is 1. The molecule has 24 nitrogen and oxygen atoms in total. The van der Waals surface area contributed by atoms with Gasteiger partial charge in [-0.3, -0.25) is 4.79 Å². The highest BCUT2D eigenvalue weighted by molar-refractivity contribution is 5.91. The second-order valence-electron chi connectivity index (χ2n) is 42.1. The Kier molecular flexibility index (Phi) is 40.4. The average molecular weight is 1900 g/mol. The number of rotatable bonds is 22. The van der Waals surface area contributed by atoms with Gasteiger partial charge in [0.15, 0.2) is 12.7 Å². The van der Waals surface area contributed by atoms with Crippen molar-refractivity contribution in [3.05, 3.63) is 152 Å². The minimum absolute atomic E-state index is 0.0113. The van der Waals surface area contributed by atoms with Crippen LogP contribution in [0.15, 0.2) is 146 Å². The van der Waals surface area contributed by atoms with Crippen molar-refractivity contribution in [3.8, 4) is 0 Å². The quantitative estimate of drug-likeness (QED) is 0.0640. The minimum atomic E-state index is -4.47. The highest BCUT2D eigenvalue weighted by Gasteiger charge is 2.64. The van der Waals surface area contributed by atoms with Gasteiger partial charge in [-0.25, -0.2) is 47.9 Å². The summed E-state index contributed by atoms with van der Waals surface area (Å²) >= 11 is 0. The Balaban J connectivity index is 0.000000187.